The highest BCUT2D eigenvalue weighted by Gasteiger charge is 2.44. The molecule has 9 heteroatoms. The van der Waals surface area contributed by atoms with Gasteiger partial charge in [-0.2, -0.15) is 0 Å². The van der Waals surface area contributed by atoms with Crippen LogP contribution in [0.15, 0.2) is 12.7 Å². The van der Waals surface area contributed by atoms with Gasteiger partial charge >= 0.3 is 0 Å². The topological polar surface area (TPSA) is 134 Å². The van der Waals surface area contributed by atoms with E-state index < -0.39 is 24.5 Å². The van der Waals surface area contributed by atoms with Crippen LogP contribution in [-0.4, -0.2) is 56.6 Å². The van der Waals surface area contributed by atoms with E-state index in [4.69, 9.17) is 20.9 Å². The van der Waals surface area contributed by atoms with Crippen LogP contribution in [-0.2, 0) is 9.47 Å². The zero-order chi connectivity index (χ0) is 14.3. The van der Waals surface area contributed by atoms with Crippen LogP contribution in [0.2, 0.25) is 0 Å². The molecular weight excluding hydrogens is 264 g/mol. The van der Waals surface area contributed by atoms with Crippen molar-refractivity contribution >= 4 is 17.0 Å². The highest BCUT2D eigenvalue weighted by Crippen LogP contribution is 2.33. The molecule has 0 spiro atoms. The summed E-state index contributed by atoms with van der Waals surface area (Å²) in [7, 11) is 1.51. The van der Waals surface area contributed by atoms with Crippen LogP contribution in [0.3, 0.4) is 0 Å². The van der Waals surface area contributed by atoms with E-state index in [-0.39, 0.29) is 12.4 Å². The molecule has 0 aromatic carbocycles. The Labute approximate surface area is 114 Å². The van der Waals surface area contributed by atoms with Crippen LogP contribution >= 0.6 is 0 Å². The Morgan fingerprint density at radius 1 is 1.45 bits per heavy atom. The molecule has 1 fully saturated rings. The van der Waals surface area contributed by atoms with Gasteiger partial charge in [0.2, 0.25) is 0 Å². The Morgan fingerprint density at radius 2 is 2.25 bits per heavy atom. The molecule has 4 atom stereocenters. The van der Waals surface area contributed by atoms with E-state index in [0.29, 0.717) is 11.2 Å². The number of aliphatic hydroxyl groups excluding tert-OH is 1. The summed E-state index contributed by atoms with van der Waals surface area (Å²) < 4.78 is 12.7. The van der Waals surface area contributed by atoms with E-state index in [1.54, 1.807) is 4.57 Å². The number of imidazole rings is 1. The largest absolute Gasteiger partial charge is 0.387 e. The Kier molecular flexibility index (Phi) is 3.26. The Hall–Kier alpha value is -1.81. The Morgan fingerprint density at radius 3 is 2.95 bits per heavy atom. The second kappa shape index (κ2) is 4.94. The number of hydrogen-bond donors (Lipinski definition) is 3. The predicted molar refractivity (Wildman–Crippen MR) is 69.5 cm³/mol. The molecule has 0 radical (unpaired) electrons. The van der Waals surface area contributed by atoms with Crippen LogP contribution in [0, 0.1) is 0 Å². The first-order chi connectivity index (χ1) is 9.67. The van der Waals surface area contributed by atoms with Gasteiger partial charge in [0.05, 0.1) is 6.33 Å². The molecule has 0 bridgehead atoms. The van der Waals surface area contributed by atoms with Crippen molar-refractivity contribution in [1.29, 1.82) is 0 Å². The summed E-state index contributed by atoms with van der Waals surface area (Å²) in [5, 5.41) is 10.1. The van der Waals surface area contributed by atoms with Gasteiger partial charge in [-0.1, -0.05) is 0 Å². The molecule has 20 heavy (non-hydrogen) atoms. The zero-order valence-electron chi connectivity index (χ0n) is 10.9. The van der Waals surface area contributed by atoms with Gasteiger partial charge in [-0.15, -0.1) is 0 Å². The van der Waals surface area contributed by atoms with Crippen molar-refractivity contribution in [3.05, 3.63) is 12.7 Å². The molecule has 1 aliphatic heterocycles. The first-order valence-corrected chi connectivity index (χ1v) is 6.16. The van der Waals surface area contributed by atoms with Crippen molar-refractivity contribution in [2.24, 2.45) is 5.73 Å². The number of aromatic nitrogens is 4. The summed E-state index contributed by atoms with van der Waals surface area (Å²) in [6, 6.07) is 0. The van der Waals surface area contributed by atoms with Crippen LogP contribution in [0.4, 0.5) is 5.82 Å². The molecule has 0 saturated carbocycles. The summed E-state index contributed by atoms with van der Waals surface area (Å²) >= 11 is 0. The molecule has 9 nitrogen and oxygen atoms in total. The van der Waals surface area contributed by atoms with Crippen LogP contribution in [0.5, 0.6) is 0 Å². The molecule has 1 aliphatic rings. The standard InChI is InChI=1S/C11H16N6O3/c1-19-8-7(18)5(2-12)20-11(8)17-4-16-6-9(13)14-3-15-10(6)17/h3-5,7-8,11,18H,2,12H2,1H3,(H2,13,14,15)/t5-,7?,8?,11-/m1/s1. The molecule has 2 aromatic heterocycles. The molecule has 2 unspecified atom stereocenters. The number of aliphatic hydroxyl groups is 1. The Bertz CT molecular complexity index is 617. The molecule has 1 saturated heterocycles. The van der Waals surface area contributed by atoms with Gasteiger partial charge in [0, 0.05) is 13.7 Å². The number of hydrogen-bond acceptors (Lipinski definition) is 8. The van der Waals surface area contributed by atoms with Crippen LogP contribution in [0.25, 0.3) is 11.2 Å². The Balaban J connectivity index is 2.04. The van der Waals surface area contributed by atoms with Crippen molar-refractivity contribution in [1.82, 2.24) is 19.5 Å². The first-order valence-electron chi connectivity index (χ1n) is 6.16. The minimum atomic E-state index is -0.813. The third-order valence-corrected chi connectivity index (χ3v) is 3.48. The average Bonchev–Trinajstić information content (AvgIpc) is 3.00. The third-order valence-electron chi connectivity index (χ3n) is 3.48. The molecule has 0 aliphatic carbocycles. The van der Waals surface area contributed by atoms with E-state index >= 15 is 0 Å². The number of nitrogens with two attached hydrogens (primary N) is 2. The minimum Gasteiger partial charge on any atom is -0.387 e. The lowest BCUT2D eigenvalue weighted by Gasteiger charge is -2.19. The monoisotopic (exact) mass is 280 g/mol. The second-order valence-electron chi connectivity index (χ2n) is 4.57. The maximum absolute atomic E-state index is 10.1. The summed E-state index contributed by atoms with van der Waals surface area (Å²) in [4.78, 5) is 12.2. The van der Waals surface area contributed by atoms with Gasteiger partial charge < -0.3 is 26.0 Å². The first kappa shape index (κ1) is 13.2. The number of nitrogens with zero attached hydrogens (tertiary/aromatic N) is 4. The minimum absolute atomic E-state index is 0.196. The van der Waals surface area contributed by atoms with Gasteiger partial charge in [-0.3, -0.25) is 4.57 Å². The van der Waals surface area contributed by atoms with E-state index in [0.717, 1.165) is 0 Å². The number of anilines is 1. The van der Waals surface area contributed by atoms with Gasteiger partial charge in [0.1, 0.15) is 30.2 Å². The van der Waals surface area contributed by atoms with Crippen molar-refractivity contribution in [2.75, 3.05) is 19.4 Å². The number of ether oxygens (including phenoxy) is 2. The van der Waals surface area contributed by atoms with E-state index in [9.17, 15) is 5.11 Å². The number of rotatable bonds is 3. The normalized spacial score (nSPS) is 30.1. The molecule has 3 rings (SSSR count). The highest BCUT2D eigenvalue weighted by molar-refractivity contribution is 5.81. The number of methoxy groups -OCH3 is 1. The molecule has 3 heterocycles. The summed E-state index contributed by atoms with van der Waals surface area (Å²) in [5.41, 5.74) is 12.3. The zero-order valence-corrected chi connectivity index (χ0v) is 10.9. The van der Waals surface area contributed by atoms with Gasteiger partial charge in [0.25, 0.3) is 0 Å². The van der Waals surface area contributed by atoms with Crippen molar-refractivity contribution in [3.63, 3.8) is 0 Å². The average molecular weight is 280 g/mol. The maximum atomic E-state index is 10.1. The van der Waals surface area contributed by atoms with Crippen molar-refractivity contribution in [3.8, 4) is 0 Å². The van der Waals surface area contributed by atoms with Crippen molar-refractivity contribution < 1.29 is 14.6 Å². The fourth-order valence-corrected chi connectivity index (χ4v) is 2.45. The van der Waals surface area contributed by atoms with Crippen LogP contribution < -0.4 is 11.5 Å². The second-order valence-corrected chi connectivity index (χ2v) is 4.57. The van der Waals surface area contributed by atoms with E-state index in [1.807, 2.05) is 0 Å². The van der Waals surface area contributed by atoms with Crippen molar-refractivity contribution in [2.45, 2.75) is 24.5 Å². The summed E-state index contributed by atoms with van der Waals surface area (Å²) in [6.45, 7) is 0.196. The number of nitrogen functional groups attached to an aromatic ring is 1. The molecular formula is C11H16N6O3. The van der Waals surface area contributed by atoms with Gasteiger partial charge in [-0.05, 0) is 0 Å². The fourth-order valence-electron chi connectivity index (χ4n) is 2.45. The maximum Gasteiger partial charge on any atom is 0.167 e. The SMILES string of the molecule is COC1C(O)[C@@H](CN)O[C@H]1n1cnc2c(N)ncnc21. The fraction of sp³-hybridized carbons (Fsp3) is 0.545. The van der Waals surface area contributed by atoms with E-state index in [1.165, 1.54) is 19.8 Å². The van der Waals surface area contributed by atoms with Gasteiger partial charge in [-0.25, -0.2) is 15.0 Å². The quantitative estimate of drug-likeness (QED) is 0.627. The lowest BCUT2D eigenvalue weighted by Crippen LogP contribution is -2.36. The third kappa shape index (κ3) is 1.83. The lowest BCUT2D eigenvalue weighted by molar-refractivity contribution is -0.0482. The predicted octanol–water partition coefficient (Wildman–Crippen LogP) is -1.36. The molecule has 2 aromatic rings. The van der Waals surface area contributed by atoms with Gasteiger partial charge in [0.15, 0.2) is 17.7 Å². The summed E-state index contributed by atoms with van der Waals surface area (Å²) in [5.74, 6) is 0.289. The molecule has 108 valence electrons. The summed E-state index contributed by atoms with van der Waals surface area (Å²) in [6.07, 6.45) is 0.453. The molecule has 0 amide bonds. The van der Waals surface area contributed by atoms with E-state index in [2.05, 4.69) is 15.0 Å². The number of fused-ring (bicyclic) bond motifs is 1. The lowest BCUT2D eigenvalue weighted by atomic mass is 10.1. The van der Waals surface area contributed by atoms with Crippen LogP contribution in [0.1, 0.15) is 6.23 Å². The molecule has 5 N–H and O–H groups in total. The smallest absolute Gasteiger partial charge is 0.167 e. The highest BCUT2D eigenvalue weighted by atomic mass is 16.6.